The van der Waals surface area contributed by atoms with Gasteiger partial charge in [-0.3, -0.25) is 34.7 Å². The average Bonchev–Trinajstić information content (AvgIpc) is 1.84. The van der Waals surface area contributed by atoms with Crippen LogP contribution in [0.5, 0.6) is 0 Å². The van der Waals surface area contributed by atoms with Crippen LogP contribution in [0.4, 0.5) is 0 Å². The molecule has 1 aliphatic heterocycles. The molecular formula is C116H238N20O2. The van der Waals surface area contributed by atoms with Gasteiger partial charge >= 0.3 is 0 Å². The van der Waals surface area contributed by atoms with E-state index in [0.29, 0.717) is 30.0 Å². The molecule has 11 aromatic rings. The maximum atomic E-state index is 4.58. The Morgan fingerprint density at radius 1 is 0.297 bits per heavy atom. The SMILES string of the molecule is C.C.CC.CC.CC.CC.CC.CC.CC.CC.CC.CC.CC.CC.CC(C)(C)C.CC(C)C.CC(C)C.CC(C)C.CC(C)C.CC(C)C.CC(C)C.CC(C)C.CC(C)C.CC(C)C1=NCN=C1.CC(C)c1ncn[nH]1.CC(C)n1cccn1.c1c[nH]cn1.c1ccccc1.c1ccncc1.c1ccnnc1.c1ccoc1.c1cnccn1.c1cncnc1.c1cnncn1.c1cocn1. The predicted octanol–water partition coefficient (Wildman–Crippen LogP) is 38.9. The molecule has 0 radical (unpaired) electrons. The van der Waals surface area contributed by atoms with E-state index in [-0.39, 0.29) is 14.9 Å². The molecule has 11 heterocycles. The fourth-order valence-corrected chi connectivity index (χ4v) is 3.99. The van der Waals surface area contributed by atoms with Crippen molar-refractivity contribution in [1.82, 2.24) is 90.2 Å². The van der Waals surface area contributed by atoms with Gasteiger partial charge in [0.15, 0.2) is 6.39 Å². The lowest BCUT2D eigenvalue weighted by Crippen LogP contribution is -2.05. The van der Waals surface area contributed by atoms with Crippen LogP contribution in [-0.4, -0.2) is 109 Å². The molecule has 0 atom stereocenters. The van der Waals surface area contributed by atoms with Crippen molar-refractivity contribution in [3.63, 3.8) is 0 Å². The van der Waals surface area contributed by atoms with Crippen molar-refractivity contribution in [3.8, 4) is 0 Å². The number of hydrogen-bond acceptors (Lipinski definition) is 19. The Bertz CT molecular complexity index is 2520. The molecule has 1 aromatic carbocycles. The third-order valence-corrected chi connectivity index (χ3v) is 7.44. The zero-order valence-corrected chi connectivity index (χ0v) is 100. The zero-order chi connectivity index (χ0) is 111. The second kappa shape index (κ2) is 198. The molecule has 0 spiro atoms. The summed E-state index contributed by atoms with van der Waals surface area (Å²) < 4.78 is 11.0. The maximum absolute atomic E-state index is 4.58. The van der Waals surface area contributed by atoms with Gasteiger partial charge < -0.3 is 13.8 Å². The van der Waals surface area contributed by atoms with Crippen molar-refractivity contribution >= 4 is 11.9 Å². The Morgan fingerprint density at radius 3 is 0.725 bits per heavy atom. The Balaban J connectivity index is -0.0000000475. The molecule has 22 nitrogen and oxygen atoms in total. The number of aliphatic imine (C=N–C) groups is 2. The molecule has 2 N–H and O–H groups in total. The van der Waals surface area contributed by atoms with E-state index < -0.39 is 0 Å². The van der Waals surface area contributed by atoms with Gasteiger partial charge in [-0.2, -0.15) is 25.5 Å². The molecule has 0 fully saturated rings. The highest BCUT2D eigenvalue weighted by Crippen LogP contribution is 2.08. The number of rotatable bonds is 3. The van der Waals surface area contributed by atoms with E-state index in [0.717, 1.165) is 58.9 Å². The van der Waals surface area contributed by atoms with Gasteiger partial charge in [0.1, 0.15) is 37.7 Å². The highest BCUT2D eigenvalue weighted by molar-refractivity contribution is 6.32. The molecule has 0 saturated carbocycles. The van der Waals surface area contributed by atoms with Crippen LogP contribution in [0.2, 0.25) is 0 Å². The number of nitrogens with one attached hydrogen (secondary N) is 2. The van der Waals surface area contributed by atoms with Crippen LogP contribution in [0.15, 0.2) is 266 Å². The molecule has 10 aromatic heterocycles. The molecule has 1 aliphatic rings. The van der Waals surface area contributed by atoms with Crippen molar-refractivity contribution in [2.24, 2.45) is 68.7 Å². The van der Waals surface area contributed by atoms with E-state index in [9.17, 15) is 0 Å². The number of imidazole rings is 1. The second-order valence-corrected chi connectivity index (χ2v) is 31.1. The fourth-order valence-electron chi connectivity index (χ4n) is 3.99. The van der Waals surface area contributed by atoms with Crippen molar-refractivity contribution in [2.45, 2.75) is 428 Å². The van der Waals surface area contributed by atoms with Crippen LogP contribution in [-0.2, 0) is 0 Å². The van der Waals surface area contributed by atoms with Gasteiger partial charge in [0.05, 0.1) is 37.0 Å². The third kappa shape index (κ3) is 360. The highest BCUT2D eigenvalue weighted by atomic mass is 16.3. The van der Waals surface area contributed by atoms with Gasteiger partial charge in [-0.15, -0.1) is 5.10 Å². The maximum Gasteiger partial charge on any atom is 0.180 e. The van der Waals surface area contributed by atoms with Crippen LogP contribution < -0.4 is 0 Å². The van der Waals surface area contributed by atoms with Crippen LogP contribution in [0.3, 0.4) is 0 Å². The number of furan rings is 1. The summed E-state index contributed by atoms with van der Waals surface area (Å²) in [5.41, 5.74) is 1.63. The first kappa shape index (κ1) is 187. The van der Waals surface area contributed by atoms with Gasteiger partial charge in [-0.1, -0.05) is 445 Å². The summed E-state index contributed by atoms with van der Waals surface area (Å²) in [5.74, 6) is 8.61. The van der Waals surface area contributed by atoms with Gasteiger partial charge in [0, 0.05) is 111 Å². The van der Waals surface area contributed by atoms with Crippen molar-refractivity contribution in [3.05, 3.63) is 253 Å². The monoisotopic (exact) mass is 1940 g/mol. The summed E-state index contributed by atoms with van der Waals surface area (Å²) in [5, 5.41) is 24.5. The number of oxazole rings is 1. The predicted molar refractivity (Wildman–Crippen MR) is 628 cm³/mol. The van der Waals surface area contributed by atoms with Gasteiger partial charge in [-0.25, -0.2) is 29.9 Å². The first-order valence-corrected chi connectivity index (χ1v) is 50.9. The van der Waals surface area contributed by atoms with E-state index in [2.05, 4.69) is 340 Å². The number of aromatic nitrogens is 18. The van der Waals surface area contributed by atoms with Crippen LogP contribution in [0.1, 0.15) is 434 Å². The number of benzene rings is 1. The lowest BCUT2D eigenvalue weighted by molar-refractivity contribution is 0.469. The largest absolute Gasteiger partial charge is 0.473 e. The lowest BCUT2D eigenvalue weighted by atomic mass is 10.0. The number of hydrogen-bond donors (Lipinski definition) is 2. The molecule has 0 bridgehead atoms. The molecule has 0 unspecified atom stereocenters. The summed E-state index contributed by atoms with van der Waals surface area (Å²) in [6.45, 7) is 122. The van der Waals surface area contributed by atoms with Crippen molar-refractivity contribution < 1.29 is 8.83 Å². The minimum atomic E-state index is 0. The normalized spacial score (nSPS) is 8.22. The molecule has 0 amide bonds. The van der Waals surface area contributed by atoms with Gasteiger partial charge in [0.25, 0.3) is 0 Å². The number of H-pyrrole nitrogens is 2. The molecule has 0 saturated heterocycles. The summed E-state index contributed by atoms with van der Waals surface area (Å²) in [6, 6.07) is 29.2. The average molecular weight is 1950 g/mol. The smallest absolute Gasteiger partial charge is 0.180 e. The van der Waals surface area contributed by atoms with E-state index in [1.54, 1.807) is 118 Å². The van der Waals surface area contributed by atoms with E-state index in [1.165, 1.54) is 37.8 Å². The molecule has 0 aliphatic carbocycles. The second-order valence-electron chi connectivity index (χ2n) is 31.1. The summed E-state index contributed by atoms with van der Waals surface area (Å²) >= 11 is 0. The van der Waals surface area contributed by atoms with Gasteiger partial charge in [0.2, 0.25) is 0 Å². The Morgan fingerprint density at radius 2 is 0.616 bits per heavy atom. The van der Waals surface area contributed by atoms with Crippen LogP contribution >= 0.6 is 0 Å². The van der Waals surface area contributed by atoms with E-state index in [1.807, 2.05) is 268 Å². The van der Waals surface area contributed by atoms with Crippen LogP contribution in [0, 0.1) is 58.7 Å². The van der Waals surface area contributed by atoms with Crippen molar-refractivity contribution in [2.75, 3.05) is 6.67 Å². The first-order chi connectivity index (χ1) is 64.8. The number of pyridine rings is 1. The standard InChI is InChI=1S/2C6H10N2.C6H6.C5H9N3.C5H5N.C5H12.3C4H4N2.C4H4O.8C4H10.C3H3N3.C3H4N2.C3H3NO.12C2H6.2CH4/c1-5(2)6-3-7-4-8-6;1-6(2)8-5-3-4-7-8;1-2-4-6-5-3-1;1-4(2)5-6-3-7-8-5;1-2-4-6-5-3-1;1-5(2,3)4;1-2-6-4-3-5-1;1-2-5-4-6-3-1;1-2-4-6-5-3-1;1-2-4-5-3-1;8*1-4(2)3;1-2-5-6-3-4-1;2*1-2-5-3-4-1;12*1-2;;/h3,5H,4H2,1-2H3;3-6H,1-2H3;1-6H;3-4H,1-2H3,(H,6,7,8);1-5H;1-4H3;3*1-4H;1-4H;8*4H,1-3H3;1-3H;1-3H,(H,4,5);1-3H;12*1-2H3;2*1H4. The summed E-state index contributed by atoms with van der Waals surface area (Å²) in [6.07, 6.45) is 42.6. The Kier molecular flexibility index (Phi) is 268. The Labute approximate surface area is 862 Å². The molecule has 22 heteroatoms. The lowest BCUT2D eigenvalue weighted by Gasteiger charge is -2.05. The van der Waals surface area contributed by atoms with E-state index in [4.69, 9.17) is 0 Å². The Hall–Kier alpha value is -9.99. The minimum absolute atomic E-state index is 0. The topological polar surface area (TPSA) is 281 Å². The quantitative estimate of drug-likeness (QED) is 0.166. The first-order valence-electron chi connectivity index (χ1n) is 50.9. The molecule has 138 heavy (non-hydrogen) atoms. The highest BCUT2D eigenvalue weighted by Gasteiger charge is 2.03. The number of aromatic amines is 2. The minimum Gasteiger partial charge on any atom is -0.473 e. The molecular weight excluding hydrogens is 1710 g/mol. The molecule has 12 rings (SSSR count). The molecule has 814 valence electrons. The fraction of sp³-hybridized carbons (Fsp3) is 0.629. The summed E-state index contributed by atoms with van der Waals surface area (Å²) in [4.78, 5) is 44.2. The zero-order valence-electron chi connectivity index (χ0n) is 100. The number of nitrogens with zero attached hydrogens (tertiary/aromatic N) is 18. The summed E-state index contributed by atoms with van der Waals surface area (Å²) in [7, 11) is 0. The van der Waals surface area contributed by atoms with Crippen molar-refractivity contribution in [1.29, 1.82) is 0 Å². The third-order valence-electron chi connectivity index (χ3n) is 7.44. The van der Waals surface area contributed by atoms with E-state index >= 15 is 0 Å². The van der Waals surface area contributed by atoms with Gasteiger partial charge in [-0.05, 0) is 121 Å². The van der Waals surface area contributed by atoms with Crippen LogP contribution in [0.25, 0.3) is 0 Å².